The minimum Gasteiger partial charge on any atom is -0.322 e. The average Bonchev–Trinajstić information content (AvgIpc) is 2.92. The number of hydrogen-bond acceptors (Lipinski definition) is 3. The van der Waals surface area contributed by atoms with Crippen LogP contribution in [0.15, 0.2) is 71.2 Å². The number of carbonyl (C=O) groups excluding carboxylic acids is 3. The predicted octanol–water partition coefficient (Wildman–Crippen LogP) is 4.81. The molecular formula is C22H15BrN2O3. The van der Waals surface area contributed by atoms with E-state index in [0.29, 0.717) is 22.5 Å². The van der Waals surface area contributed by atoms with E-state index in [4.69, 9.17) is 0 Å². The van der Waals surface area contributed by atoms with Crippen molar-refractivity contribution < 1.29 is 14.4 Å². The minimum atomic E-state index is -0.398. The Morgan fingerprint density at radius 2 is 1.61 bits per heavy atom. The highest BCUT2D eigenvalue weighted by Crippen LogP contribution is 2.30. The van der Waals surface area contributed by atoms with Crippen LogP contribution in [0.1, 0.15) is 36.6 Å². The number of fused-ring (bicyclic) bond motifs is 1. The second kappa shape index (κ2) is 7.05. The van der Waals surface area contributed by atoms with Crippen LogP contribution in [0.25, 0.3) is 0 Å². The first-order chi connectivity index (χ1) is 13.4. The van der Waals surface area contributed by atoms with Crippen LogP contribution in [0.4, 0.5) is 11.4 Å². The summed E-state index contributed by atoms with van der Waals surface area (Å²) >= 11 is 3.33. The third-order valence-corrected chi connectivity index (χ3v) is 5.04. The maximum absolute atomic E-state index is 12.9. The molecule has 0 saturated heterocycles. The molecule has 0 bridgehead atoms. The van der Waals surface area contributed by atoms with E-state index in [-0.39, 0.29) is 17.4 Å². The maximum Gasteiger partial charge on any atom is 0.266 e. The van der Waals surface area contributed by atoms with E-state index < -0.39 is 5.91 Å². The topological polar surface area (TPSA) is 66.5 Å². The van der Waals surface area contributed by atoms with Gasteiger partial charge in [-0.25, -0.2) is 4.90 Å². The highest BCUT2D eigenvalue weighted by Gasteiger charge is 2.36. The molecule has 1 N–H and O–H groups in total. The summed E-state index contributed by atoms with van der Waals surface area (Å²) in [6.45, 7) is 1.90. The smallest absolute Gasteiger partial charge is 0.266 e. The monoisotopic (exact) mass is 434 g/mol. The number of rotatable bonds is 3. The lowest BCUT2D eigenvalue weighted by molar-refractivity contribution is 0.0924. The number of aryl methyl sites for hydroxylation is 1. The van der Waals surface area contributed by atoms with Crippen LogP contribution in [0.3, 0.4) is 0 Å². The van der Waals surface area contributed by atoms with Crippen molar-refractivity contribution in [1.82, 2.24) is 0 Å². The van der Waals surface area contributed by atoms with Crippen molar-refractivity contribution in [3.63, 3.8) is 0 Å². The van der Waals surface area contributed by atoms with Crippen LogP contribution >= 0.6 is 15.9 Å². The molecule has 3 aromatic rings. The summed E-state index contributed by atoms with van der Waals surface area (Å²) in [7, 11) is 0. The van der Waals surface area contributed by atoms with Gasteiger partial charge in [0.05, 0.1) is 16.8 Å². The third kappa shape index (κ3) is 3.23. The Hall–Kier alpha value is -3.25. The minimum absolute atomic E-state index is 0.278. The van der Waals surface area contributed by atoms with Crippen LogP contribution in [-0.4, -0.2) is 17.7 Å². The molecule has 1 aliphatic heterocycles. The number of halogens is 1. The molecule has 5 nitrogen and oxygen atoms in total. The van der Waals surface area contributed by atoms with Crippen LogP contribution in [-0.2, 0) is 0 Å². The zero-order valence-corrected chi connectivity index (χ0v) is 16.5. The van der Waals surface area contributed by atoms with Gasteiger partial charge in [-0.05, 0) is 67.1 Å². The van der Waals surface area contributed by atoms with E-state index >= 15 is 0 Å². The van der Waals surface area contributed by atoms with Gasteiger partial charge in [0, 0.05) is 15.7 Å². The van der Waals surface area contributed by atoms with Gasteiger partial charge in [-0.3, -0.25) is 14.4 Å². The summed E-state index contributed by atoms with van der Waals surface area (Å²) in [5.41, 5.74) is 3.04. The highest BCUT2D eigenvalue weighted by atomic mass is 79.9. The lowest BCUT2D eigenvalue weighted by Crippen LogP contribution is -2.29. The van der Waals surface area contributed by atoms with Gasteiger partial charge in [-0.1, -0.05) is 28.1 Å². The molecule has 0 saturated carbocycles. The number of imide groups is 1. The number of anilines is 2. The van der Waals surface area contributed by atoms with Crippen molar-refractivity contribution in [3.05, 3.63) is 93.5 Å². The lowest BCUT2D eigenvalue weighted by Gasteiger charge is -2.14. The largest absolute Gasteiger partial charge is 0.322 e. The molecule has 3 aromatic carbocycles. The molecule has 28 heavy (non-hydrogen) atoms. The van der Waals surface area contributed by atoms with E-state index in [2.05, 4.69) is 21.2 Å². The third-order valence-electron chi connectivity index (χ3n) is 4.51. The maximum atomic E-state index is 12.9. The number of amides is 3. The van der Waals surface area contributed by atoms with Crippen molar-refractivity contribution in [1.29, 1.82) is 0 Å². The van der Waals surface area contributed by atoms with Crippen molar-refractivity contribution in [2.45, 2.75) is 6.92 Å². The Morgan fingerprint density at radius 1 is 0.893 bits per heavy atom. The number of benzene rings is 3. The molecule has 138 valence electrons. The summed E-state index contributed by atoms with van der Waals surface area (Å²) in [5.74, 6) is -1.05. The van der Waals surface area contributed by atoms with Crippen LogP contribution in [0.5, 0.6) is 0 Å². The fourth-order valence-electron chi connectivity index (χ4n) is 3.12. The molecule has 0 radical (unpaired) electrons. The Kier molecular flexibility index (Phi) is 4.57. The molecule has 0 unspecified atom stereocenters. The second-order valence-corrected chi connectivity index (χ2v) is 7.42. The summed E-state index contributed by atoms with van der Waals surface area (Å²) in [6, 6.07) is 18.9. The quantitative estimate of drug-likeness (QED) is 0.601. The van der Waals surface area contributed by atoms with Gasteiger partial charge in [-0.15, -0.1) is 0 Å². The van der Waals surface area contributed by atoms with Gasteiger partial charge in [0.1, 0.15) is 0 Å². The van der Waals surface area contributed by atoms with E-state index in [9.17, 15) is 14.4 Å². The Labute approximate surface area is 170 Å². The first-order valence-electron chi connectivity index (χ1n) is 8.60. The molecule has 1 heterocycles. The first kappa shape index (κ1) is 18.1. The molecule has 0 aromatic heterocycles. The molecule has 3 amide bonds. The Morgan fingerprint density at radius 3 is 2.32 bits per heavy atom. The van der Waals surface area contributed by atoms with Crippen molar-refractivity contribution in [3.8, 4) is 0 Å². The standard InChI is InChI=1S/C22H15BrN2O3/c1-13-3-2-4-17(11-13)25-21(27)18-10-9-16(12-19(18)22(25)28)24-20(26)14-5-7-15(23)8-6-14/h2-12H,1H3,(H,24,26). The highest BCUT2D eigenvalue weighted by molar-refractivity contribution is 9.10. The predicted molar refractivity (Wildman–Crippen MR) is 111 cm³/mol. The summed E-state index contributed by atoms with van der Waals surface area (Å²) in [4.78, 5) is 39.1. The molecule has 4 rings (SSSR count). The Bertz CT molecular complexity index is 1120. The van der Waals surface area contributed by atoms with Crippen molar-refractivity contribution in [2.75, 3.05) is 10.2 Å². The summed E-state index contributed by atoms with van der Waals surface area (Å²) < 4.78 is 0.877. The molecule has 1 aliphatic rings. The van der Waals surface area contributed by atoms with Crippen LogP contribution in [0, 0.1) is 6.92 Å². The van der Waals surface area contributed by atoms with Gasteiger partial charge in [0.15, 0.2) is 0 Å². The fourth-order valence-corrected chi connectivity index (χ4v) is 3.39. The SMILES string of the molecule is Cc1cccc(N2C(=O)c3ccc(NC(=O)c4ccc(Br)cc4)cc3C2=O)c1. The normalized spacial score (nSPS) is 12.9. The number of nitrogens with zero attached hydrogens (tertiary/aromatic N) is 1. The van der Waals surface area contributed by atoms with E-state index in [1.807, 2.05) is 13.0 Å². The van der Waals surface area contributed by atoms with E-state index in [1.54, 1.807) is 60.7 Å². The summed E-state index contributed by atoms with van der Waals surface area (Å²) in [5, 5.41) is 2.77. The first-order valence-corrected chi connectivity index (χ1v) is 9.40. The lowest BCUT2D eigenvalue weighted by atomic mass is 10.1. The van der Waals surface area contributed by atoms with Crippen LogP contribution < -0.4 is 10.2 Å². The zero-order valence-electron chi connectivity index (χ0n) is 14.9. The van der Waals surface area contributed by atoms with Crippen molar-refractivity contribution >= 4 is 45.0 Å². The molecule has 0 fully saturated rings. The number of carbonyl (C=O) groups is 3. The molecule has 0 atom stereocenters. The second-order valence-electron chi connectivity index (χ2n) is 6.51. The van der Waals surface area contributed by atoms with Crippen LogP contribution in [0.2, 0.25) is 0 Å². The number of hydrogen-bond donors (Lipinski definition) is 1. The van der Waals surface area contributed by atoms with Gasteiger partial charge < -0.3 is 5.32 Å². The average molecular weight is 435 g/mol. The van der Waals surface area contributed by atoms with Gasteiger partial charge in [0.2, 0.25) is 0 Å². The number of nitrogens with one attached hydrogen (secondary N) is 1. The molecular weight excluding hydrogens is 420 g/mol. The van der Waals surface area contributed by atoms with E-state index in [0.717, 1.165) is 14.9 Å². The van der Waals surface area contributed by atoms with Gasteiger partial charge in [0.25, 0.3) is 17.7 Å². The molecule has 0 aliphatic carbocycles. The fraction of sp³-hybridized carbons (Fsp3) is 0.0455. The molecule has 6 heteroatoms. The molecule has 0 spiro atoms. The zero-order chi connectivity index (χ0) is 19.8. The summed E-state index contributed by atoms with van der Waals surface area (Å²) in [6.07, 6.45) is 0. The van der Waals surface area contributed by atoms with Gasteiger partial charge in [-0.2, -0.15) is 0 Å². The Balaban J connectivity index is 1.62. The van der Waals surface area contributed by atoms with Crippen molar-refractivity contribution in [2.24, 2.45) is 0 Å². The van der Waals surface area contributed by atoms with Gasteiger partial charge >= 0.3 is 0 Å². The van der Waals surface area contributed by atoms with E-state index in [1.165, 1.54) is 0 Å².